The van der Waals surface area contributed by atoms with Crippen molar-refractivity contribution in [3.05, 3.63) is 39.9 Å². The van der Waals surface area contributed by atoms with Crippen molar-refractivity contribution in [2.24, 2.45) is 0 Å². The molecule has 0 atom stereocenters. The zero-order valence-corrected chi connectivity index (χ0v) is 13.3. The molecule has 3 heterocycles. The third kappa shape index (κ3) is 3.52. The van der Waals surface area contributed by atoms with Gasteiger partial charge in [-0.25, -0.2) is 4.98 Å². The maximum Gasteiger partial charge on any atom is 0.272 e. The lowest BCUT2D eigenvalue weighted by Crippen LogP contribution is -2.47. The van der Waals surface area contributed by atoms with Gasteiger partial charge in [-0.2, -0.15) is 0 Å². The zero-order chi connectivity index (χ0) is 16.2. The molecule has 2 aromatic rings. The minimum atomic E-state index is -0.346. The van der Waals surface area contributed by atoms with Gasteiger partial charge in [0.1, 0.15) is 10.8 Å². The monoisotopic (exact) mass is 335 g/mol. The van der Waals surface area contributed by atoms with Crippen molar-refractivity contribution in [1.29, 1.82) is 0 Å². The van der Waals surface area contributed by atoms with E-state index < -0.39 is 0 Å². The minimum absolute atomic E-state index is 0.110. The van der Waals surface area contributed by atoms with Crippen LogP contribution in [0.5, 0.6) is 0 Å². The minimum Gasteiger partial charge on any atom is -0.395 e. The molecule has 1 saturated heterocycles. The quantitative estimate of drug-likeness (QED) is 0.851. The van der Waals surface area contributed by atoms with E-state index >= 15 is 0 Å². The second kappa shape index (κ2) is 7.08. The number of aromatic nitrogens is 3. The van der Waals surface area contributed by atoms with E-state index in [0.717, 1.165) is 18.7 Å². The number of aliphatic hydroxyl groups is 1. The summed E-state index contributed by atoms with van der Waals surface area (Å²) in [5.41, 5.74) is 0.440. The van der Waals surface area contributed by atoms with Crippen molar-refractivity contribution >= 4 is 17.4 Å². The van der Waals surface area contributed by atoms with Crippen molar-refractivity contribution in [3.63, 3.8) is 0 Å². The summed E-state index contributed by atoms with van der Waals surface area (Å²) in [6.07, 6.45) is 3.30. The maximum atomic E-state index is 12.1. The van der Waals surface area contributed by atoms with Crippen molar-refractivity contribution in [1.82, 2.24) is 19.9 Å². The predicted molar refractivity (Wildman–Crippen MR) is 88.8 cm³/mol. The van der Waals surface area contributed by atoms with E-state index in [4.69, 9.17) is 16.7 Å². The molecule has 0 spiro atoms. The fraction of sp³-hybridized carbons (Fsp3) is 0.400. The van der Waals surface area contributed by atoms with Gasteiger partial charge < -0.3 is 15.0 Å². The summed E-state index contributed by atoms with van der Waals surface area (Å²) in [4.78, 5) is 27.5. The number of halogens is 1. The largest absolute Gasteiger partial charge is 0.395 e. The van der Waals surface area contributed by atoms with Crippen molar-refractivity contribution < 1.29 is 5.11 Å². The number of β-amino-alcohol motifs (C(OH)–C–C–N with tert-alkyl or cyclic N) is 1. The second-order valence-corrected chi connectivity index (χ2v) is 5.72. The molecule has 7 nitrogen and oxygen atoms in total. The summed E-state index contributed by atoms with van der Waals surface area (Å²) in [5.74, 6) is 0.987. The topological polar surface area (TPSA) is 85.4 Å². The average molecular weight is 336 g/mol. The molecule has 23 heavy (non-hydrogen) atoms. The van der Waals surface area contributed by atoms with Crippen LogP contribution in [0.2, 0.25) is 5.02 Å². The molecule has 122 valence electrons. The van der Waals surface area contributed by atoms with E-state index in [0.29, 0.717) is 31.3 Å². The van der Waals surface area contributed by atoms with E-state index in [1.54, 1.807) is 24.5 Å². The zero-order valence-electron chi connectivity index (χ0n) is 12.6. The smallest absolute Gasteiger partial charge is 0.272 e. The van der Waals surface area contributed by atoms with Gasteiger partial charge in [-0.15, -0.1) is 0 Å². The Labute approximate surface area is 138 Å². The van der Waals surface area contributed by atoms with Gasteiger partial charge in [0.2, 0.25) is 0 Å². The van der Waals surface area contributed by atoms with Crippen molar-refractivity contribution in [2.75, 3.05) is 44.2 Å². The Morgan fingerprint density at radius 1 is 1.22 bits per heavy atom. The summed E-state index contributed by atoms with van der Waals surface area (Å²) < 4.78 is 0. The summed E-state index contributed by atoms with van der Waals surface area (Å²) in [6.45, 7) is 3.84. The van der Waals surface area contributed by atoms with Gasteiger partial charge >= 0.3 is 0 Å². The van der Waals surface area contributed by atoms with Gasteiger partial charge in [0.25, 0.3) is 5.56 Å². The van der Waals surface area contributed by atoms with Gasteiger partial charge in [-0.1, -0.05) is 11.6 Å². The van der Waals surface area contributed by atoms with Crippen LogP contribution in [-0.2, 0) is 0 Å². The third-order valence-electron chi connectivity index (χ3n) is 3.89. The Morgan fingerprint density at radius 3 is 2.57 bits per heavy atom. The highest BCUT2D eigenvalue weighted by atomic mass is 35.5. The molecule has 1 fully saturated rings. The lowest BCUT2D eigenvalue weighted by atomic mass is 10.2. The first kappa shape index (κ1) is 15.9. The highest BCUT2D eigenvalue weighted by Crippen LogP contribution is 2.23. The molecule has 0 aliphatic carbocycles. The van der Waals surface area contributed by atoms with E-state index in [9.17, 15) is 4.79 Å². The molecule has 0 saturated carbocycles. The number of hydrogen-bond donors (Lipinski definition) is 2. The normalized spacial score (nSPS) is 15.8. The number of aromatic amines is 1. The van der Waals surface area contributed by atoms with E-state index in [1.165, 1.54) is 0 Å². The van der Waals surface area contributed by atoms with Crippen LogP contribution in [0.25, 0.3) is 11.4 Å². The first-order valence-electron chi connectivity index (χ1n) is 7.47. The molecule has 0 amide bonds. The SMILES string of the molecule is O=c1[nH]c(-c2ccncc2)nc(N2CCN(CCO)CC2)c1Cl. The Balaban J connectivity index is 1.88. The molecule has 0 radical (unpaired) electrons. The highest BCUT2D eigenvalue weighted by molar-refractivity contribution is 6.32. The van der Waals surface area contributed by atoms with Crippen LogP contribution >= 0.6 is 11.6 Å². The molecule has 0 unspecified atom stereocenters. The maximum absolute atomic E-state index is 12.1. The fourth-order valence-corrected chi connectivity index (χ4v) is 2.84. The highest BCUT2D eigenvalue weighted by Gasteiger charge is 2.22. The van der Waals surface area contributed by atoms with Crippen molar-refractivity contribution in [2.45, 2.75) is 0 Å². The lowest BCUT2D eigenvalue weighted by Gasteiger charge is -2.35. The third-order valence-corrected chi connectivity index (χ3v) is 4.23. The van der Waals surface area contributed by atoms with Crippen LogP contribution in [0.3, 0.4) is 0 Å². The van der Waals surface area contributed by atoms with E-state index in [2.05, 4.69) is 19.9 Å². The van der Waals surface area contributed by atoms with Crippen LogP contribution < -0.4 is 10.5 Å². The average Bonchev–Trinajstić information content (AvgIpc) is 2.59. The van der Waals surface area contributed by atoms with Crippen LogP contribution in [0.15, 0.2) is 29.3 Å². The van der Waals surface area contributed by atoms with Crippen molar-refractivity contribution in [3.8, 4) is 11.4 Å². The molecular formula is C15H18ClN5O2. The van der Waals surface area contributed by atoms with Gasteiger partial charge in [0.05, 0.1) is 6.61 Å². The predicted octanol–water partition coefficient (Wildman–Crippen LogP) is 0.600. The number of rotatable bonds is 4. The number of piperazine rings is 1. The first-order valence-corrected chi connectivity index (χ1v) is 7.85. The van der Waals surface area contributed by atoms with Crippen LogP contribution in [0.4, 0.5) is 5.82 Å². The van der Waals surface area contributed by atoms with Gasteiger partial charge in [-0.05, 0) is 12.1 Å². The molecule has 1 aliphatic rings. The number of aliphatic hydroxyl groups excluding tert-OH is 1. The lowest BCUT2D eigenvalue weighted by molar-refractivity contribution is 0.188. The Morgan fingerprint density at radius 2 is 1.91 bits per heavy atom. The fourth-order valence-electron chi connectivity index (χ4n) is 2.63. The second-order valence-electron chi connectivity index (χ2n) is 5.34. The molecular weight excluding hydrogens is 318 g/mol. The summed E-state index contributed by atoms with van der Waals surface area (Å²) in [6, 6.07) is 3.57. The standard InChI is InChI=1S/C15H18ClN5O2/c16-12-14(21-7-5-20(6-8-21)9-10-22)18-13(19-15(12)23)11-1-3-17-4-2-11/h1-4,22H,5-10H2,(H,18,19,23). The van der Waals surface area contributed by atoms with Gasteiger partial charge in [0.15, 0.2) is 5.82 Å². The molecule has 2 aromatic heterocycles. The summed E-state index contributed by atoms with van der Waals surface area (Å²) in [7, 11) is 0. The summed E-state index contributed by atoms with van der Waals surface area (Å²) in [5, 5.41) is 9.11. The molecule has 0 aromatic carbocycles. The molecule has 8 heteroatoms. The Kier molecular flexibility index (Phi) is 4.90. The van der Waals surface area contributed by atoms with Crippen LogP contribution in [0, 0.1) is 0 Å². The summed E-state index contributed by atoms with van der Waals surface area (Å²) >= 11 is 6.17. The number of nitrogens with zero attached hydrogens (tertiary/aromatic N) is 4. The molecule has 3 rings (SSSR count). The number of hydrogen-bond acceptors (Lipinski definition) is 6. The number of anilines is 1. The first-order chi connectivity index (χ1) is 11.2. The Bertz CT molecular complexity index is 714. The number of pyridine rings is 1. The van der Waals surface area contributed by atoms with E-state index in [-0.39, 0.29) is 17.2 Å². The van der Waals surface area contributed by atoms with Gasteiger partial charge in [-0.3, -0.25) is 14.7 Å². The number of H-pyrrole nitrogens is 1. The molecule has 0 bridgehead atoms. The van der Waals surface area contributed by atoms with Crippen LogP contribution in [-0.4, -0.2) is 64.3 Å². The molecule has 2 N–H and O–H groups in total. The van der Waals surface area contributed by atoms with E-state index in [1.807, 2.05) is 4.90 Å². The molecule has 1 aliphatic heterocycles. The Hall–Kier alpha value is -1.96. The number of nitrogens with one attached hydrogen (secondary N) is 1. The van der Waals surface area contributed by atoms with Crippen LogP contribution in [0.1, 0.15) is 0 Å². The van der Waals surface area contributed by atoms with Gasteiger partial charge in [0, 0.05) is 50.7 Å².